The Morgan fingerprint density at radius 1 is 0.941 bits per heavy atom. The van der Waals surface area contributed by atoms with Crippen molar-refractivity contribution in [2.45, 2.75) is 18.4 Å². The summed E-state index contributed by atoms with van der Waals surface area (Å²) in [5.74, 6) is -0.702. The minimum atomic E-state index is -3.73. The second-order valence-corrected chi connectivity index (χ2v) is 9.79. The van der Waals surface area contributed by atoms with Gasteiger partial charge in [-0.15, -0.1) is 10.2 Å². The van der Waals surface area contributed by atoms with Crippen molar-refractivity contribution in [2.24, 2.45) is 0 Å². The molecule has 3 aromatic rings. The lowest BCUT2D eigenvalue weighted by molar-refractivity contribution is 0.0945. The molecule has 0 aliphatic carbocycles. The first kappa shape index (κ1) is 23.7. The number of rotatable bonds is 6. The standard InChI is InChI=1S/C23H23F2N5O3S/c1-16-14-19(25)6-8-21(16)34(32,33)30-12-10-29(11-13-30)22-9-7-20(27-28-22)23(31)26-15-17-2-4-18(24)5-3-17/h2-9,14H,10-13,15H2,1H3,(H,26,31). The Morgan fingerprint density at radius 3 is 2.24 bits per heavy atom. The van der Waals surface area contributed by atoms with Crippen LogP contribution in [0.5, 0.6) is 0 Å². The number of anilines is 1. The lowest BCUT2D eigenvalue weighted by Crippen LogP contribution is -2.49. The Hall–Kier alpha value is -3.44. The van der Waals surface area contributed by atoms with Crippen LogP contribution in [0.15, 0.2) is 59.5 Å². The van der Waals surface area contributed by atoms with E-state index in [-0.39, 0.29) is 36.0 Å². The van der Waals surface area contributed by atoms with Gasteiger partial charge in [-0.1, -0.05) is 12.1 Å². The Labute approximate surface area is 196 Å². The van der Waals surface area contributed by atoms with E-state index in [0.717, 1.165) is 11.6 Å². The maximum absolute atomic E-state index is 13.4. The zero-order valence-electron chi connectivity index (χ0n) is 18.4. The average Bonchev–Trinajstić information content (AvgIpc) is 2.83. The summed E-state index contributed by atoms with van der Waals surface area (Å²) in [6.07, 6.45) is 0. The quantitative estimate of drug-likeness (QED) is 0.574. The summed E-state index contributed by atoms with van der Waals surface area (Å²) in [6.45, 7) is 3.06. The van der Waals surface area contributed by atoms with Gasteiger partial charge >= 0.3 is 0 Å². The molecule has 1 aliphatic rings. The second-order valence-electron chi connectivity index (χ2n) is 7.89. The molecule has 2 heterocycles. The molecule has 178 valence electrons. The minimum absolute atomic E-state index is 0.0955. The van der Waals surface area contributed by atoms with Crippen molar-refractivity contribution in [3.05, 3.63) is 83.1 Å². The van der Waals surface area contributed by atoms with E-state index < -0.39 is 21.7 Å². The monoisotopic (exact) mass is 487 g/mol. The maximum atomic E-state index is 13.4. The molecule has 0 unspecified atom stereocenters. The fraction of sp³-hybridized carbons (Fsp3) is 0.261. The number of nitrogens with zero attached hydrogens (tertiary/aromatic N) is 4. The molecule has 0 radical (unpaired) electrons. The first-order chi connectivity index (χ1) is 16.2. The SMILES string of the molecule is Cc1cc(F)ccc1S(=O)(=O)N1CCN(c2ccc(C(=O)NCc3ccc(F)cc3)nn2)CC1. The molecule has 2 aromatic carbocycles. The van der Waals surface area contributed by atoms with Gasteiger partial charge in [0.25, 0.3) is 5.91 Å². The summed E-state index contributed by atoms with van der Waals surface area (Å²) >= 11 is 0. The fourth-order valence-electron chi connectivity index (χ4n) is 3.69. The Morgan fingerprint density at radius 2 is 1.62 bits per heavy atom. The molecule has 11 heteroatoms. The average molecular weight is 488 g/mol. The van der Waals surface area contributed by atoms with E-state index in [2.05, 4.69) is 15.5 Å². The van der Waals surface area contributed by atoms with Gasteiger partial charge in [-0.25, -0.2) is 17.2 Å². The lowest BCUT2D eigenvalue weighted by Gasteiger charge is -2.34. The first-order valence-corrected chi connectivity index (χ1v) is 12.1. The van der Waals surface area contributed by atoms with E-state index in [9.17, 15) is 22.0 Å². The van der Waals surface area contributed by atoms with E-state index in [0.29, 0.717) is 24.5 Å². The molecule has 1 aromatic heterocycles. The third-order valence-electron chi connectivity index (χ3n) is 5.57. The van der Waals surface area contributed by atoms with Gasteiger partial charge in [0.1, 0.15) is 11.6 Å². The number of sulfonamides is 1. The summed E-state index contributed by atoms with van der Waals surface area (Å²) in [7, 11) is -3.73. The van der Waals surface area contributed by atoms with Crippen molar-refractivity contribution >= 4 is 21.7 Å². The molecule has 4 rings (SSSR count). The van der Waals surface area contributed by atoms with Gasteiger partial charge in [-0.2, -0.15) is 4.31 Å². The summed E-state index contributed by atoms with van der Waals surface area (Å²) in [5.41, 5.74) is 1.25. The highest BCUT2D eigenvalue weighted by Crippen LogP contribution is 2.23. The van der Waals surface area contributed by atoms with Crippen LogP contribution in [0.25, 0.3) is 0 Å². The Kier molecular flexibility index (Phi) is 6.85. The van der Waals surface area contributed by atoms with Crippen molar-refractivity contribution in [1.29, 1.82) is 0 Å². The Balaban J connectivity index is 1.34. The fourth-order valence-corrected chi connectivity index (χ4v) is 5.32. The van der Waals surface area contributed by atoms with Crippen molar-refractivity contribution in [2.75, 3.05) is 31.1 Å². The molecule has 1 amide bonds. The van der Waals surface area contributed by atoms with E-state index >= 15 is 0 Å². The minimum Gasteiger partial charge on any atom is -0.352 e. The van der Waals surface area contributed by atoms with Crippen molar-refractivity contribution in [1.82, 2.24) is 19.8 Å². The highest BCUT2D eigenvalue weighted by molar-refractivity contribution is 7.89. The van der Waals surface area contributed by atoms with Crippen LogP contribution in [0.1, 0.15) is 21.6 Å². The number of aromatic nitrogens is 2. The van der Waals surface area contributed by atoms with Crippen LogP contribution >= 0.6 is 0 Å². The van der Waals surface area contributed by atoms with Crippen LogP contribution in [0, 0.1) is 18.6 Å². The number of amides is 1. The van der Waals surface area contributed by atoms with Gasteiger partial charge in [0.05, 0.1) is 4.90 Å². The number of halogens is 2. The number of aryl methyl sites for hydroxylation is 1. The van der Waals surface area contributed by atoms with Gasteiger partial charge in [0.2, 0.25) is 10.0 Å². The number of hydrogen-bond acceptors (Lipinski definition) is 6. The maximum Gasteiger partial charge on any atom is 0.272 e. The molecule has 1 N–H and O–H groups in total. The molecular weight excluding hydrogens is 464 g/mol. The summed E-state index contributed by atoms with van der Waals surface area (Å²) in [5, 5.41) is 10.8. The zero-order chi connectivity index (χ0) is 24.3. The topological polar surface area (TPSA) is 95.5 Å². The number of piperazine rings is 1. The molecule has 1 saturated heterocycles. The van der Waals surface area contributed by atoms with Gasteiger partial charge in [0.15, 0.2) is 11.5 Å². The third kappa shape index (κ3) is 5.20. The largest absolute Gasteiger partial charge is 0.352 e. The van der Waals surface area contributed by atoms with Crippen LogP contribution < -0.4 is 10.2 Å². The molecular formula is C23H23F2N5O3S. The van der Waals surface area contributed by atoms with Gasteiger partial charge in [-0.3, -0.25) is 4.79 Å². The van der Waals surface area contributed by atoms with Crippen molar-refractivity contribution in [3.63, 3.8) is 0 Å². The summed E-state index contributed by atoms with van der Waals surface area (Å²) < 4.78 is 53.6. The predicted octanol–water partition coefficient (Wildman–Crippen LogP) is 2.50. The van der Waals surface area contributed by atoms with Crippen molar-refractivity contribution in [3.8, 4) is 0 Å². The number of hydrogen-bond donors (Lipinski definition) is 1. The number of benzene rings is 2. The highest BCUT2D eigenvalue weighted by atomic mass is 32.2. The predicted molar refractivity (Wildman–Crippen MR) is 122 cm³/mol. The molecule has 0 spiro atoms. The van der Waals surface area contributed by atoms with E-state index in [1.165, 1.54) is 28.6 Å². The van der Waals surface area contributed by atoms with Gasteiger partial charge in [0, 0.05) is 32.7 Å². The normalized spacial score (nSPS) is 14.7. The van der Waals surface area contributed by atoms with E-state index in [1.54, 1.807) is 31.2 Å². The zero-order valence-corrected chi connectivity index (χ0v) is 19.2. The van der Waals surface area contributed by atoms with Crippen LogP contribution in [0.4, 0.5) is 14.6 Å². The third-order valence-corrected chi connectivity index (χ3v) is 7.63. The van der Waals surface area contributed by atoms with Gasteiger partial charge in [-0.05, 0) is 60.5 Å². The second kappa shape index (κ2) is 9.82. The molecule has 8 nitrogen and oxygen atoms in total. The van der Waals surface area contributed by atoms with Crippen molar-refractivity contribution < 1.29 is 22.0 Å². The molecule has 0 bridgehead atoms. The lowest BCUT2D eigenvalue weighted by atomic mass is 10.2. The smallest absolute Gasteiger partial charge is 0.272 e. The van der Waals surface area contributed by atoms with Crippen LogP contribution in [0.3, 0.4) is 0 Å². The van der Waals surface area contributed by atoms with Crippen LogP contribution in [-0.4, -0.2) is 55.0 Å². The van der Waals surface area contributed by atoms with Gasteiger partial charge < -0.3 is 10.2 Å². The van der Waals surface area contributed by atoms with E-state index in [4.69, 9.17) is 0 Å². The molecule has 34 heavy (non-hydrogen) atoms. The summed E-state index contributed by atoms with van der Waals surface area (Å²) in [4.78, 5) is 14.3. The van der Waals surface area contributed by atoms with E-state index in [1.807, 2.05) is 4.90 Å². The van der Waals surface area contributed by atoms with Crippen LogP contribution in [0.2, 0.25) is 0 Å². The van der Waals surface area contributed by atoms with Crippen LogP contribution in [-0.2, 0) is 16.6 Å². The highest BCUT2D eigenvalue weighted by Gasteiger charge is 2.30. The number of carbonyl (C=O) groups excluding carboxylic acids is 1. The number of carbonyl (C=O) groups is 1. The summed E-state index contributed by atoms with van der Waals surface area (Å²) in [6, 6.07) is 12.7. The molecule has 0 atom stereocenters. The Bertz CT molecular complexity index is 1280. The first-order valence-electron chi connectivity index (χ1n) is 10.6. The number of nitrogens with one attached hydrogen (secondary N) is 1. The molecule has 1 aliphatic heterocycles. The molecule has 1 fully saturated rings. The molecule has 0 saturated carbocycles.